The topological polar surface area (TPSA) is 53.2 Å². The average molecular weight is 423 g/mol. The molecule has 0 radical (unpaired) electrons. The zero-order valence-electron chi connectivity index (χ0n) is 14.7. The van der Waals surface area contributed by atoms with Crippen molar-refractivity contribution in [3.8, 4) is 11.3 Å². The summed E-state index contributed by atoms with van der Waals surface area (Å²) in [5, 5.41) is 0. The van der Waals surface area contributed by atoms with Gasteiger partial charge in [-0.3, -0.25) is 9.59 Å². The number of amides is 1. The Morgan fingerprint density at radius 2 is 1.74 bits per heavy atom. The molecular weight excluding hydrogens is 404 g/mol. The molecule has 1 unspecified atom stereocenters. The molecule has 4 rings (SSSR count). The second kappa shape index (κ2) is 7.53. The Labute approximate surface area is 166 Å². The van der Waals surface area contributed by atoms with Crippen molar-refractivity contribution in [2.24, 2.45) is 0 Å². The van der Waals surface area contributed by atoms with Gasteiger partial charge in [0, 0.05) is 16.7 Å². The lowest BCUT2D eigenvalue weighted by Gasteiger charge is -2.25. The monoisotopic (exact) mass is 422 g/mol. The zero-order valence-corrected chi connectivity index (χ0v) is 16.3. The molecule has 0 spiro atoms. The highest BCUT2D eigenvalue weighted by atomic mass is 79.9. The molecule has 1 aliphatic heterocycles. The van der Waals surface area contributed by atoms with Crippen LogP contribution >= 0.6 is 15.9 Å². The van der Waals surface area contributed by atoms with Crippen LogP contribution in [0, 0.1) is 0 Å². The van der Waals surface area contributed by atoms with E-state index in [0.29, 0.717) is 12.2 Å². The van der Waals surface area contributed by atoms with Crippen molar-refractivity contribution in [2.45, 2.75) is 18.9 Å². The van der Waals surface area contributed by atoms with E-state index in [1.54, 1.807) is 12.1 Å². The minimum Gasteiger partial charge on any atom is -0.331 e. The van der Waals surface area contributed by atoms with E-state index in [1.165, 1.54) is 0 Å². The minimum absolute atomic E-state index is 0.0128. The summed E-state index contributed by atoms with van der Waals surface area (Å²) >= 11 is 3.44. The smallest absolute Gasteiger partial charge is 0.261 e. The molecule has 136 valence electrons. The van der Waals surface area contributed by atoms with Crippen LogP contribution in [0.25, 0.3) is 11.3 Å². The van der Waals surface area contributed by atoms with Gasteiger partial charge in [0.2, 0.25) is 0 Å². The number of nitrogens with zero attached hydrogens (tertiary/aromatic N) is 1. The Hall–Kier alpha value is -2.66. The third kappa shape index (κ3) is 3.60. The third-order valence-corrected chi connectivity index (χ3v) is 5.52. The summed E-state index contributed by atoms with van der Waals surface area (Å²) in [7, 11) is 0. The second-order valence-corrected chi connectivity index (χ2v) is 7.60. The van der Waals surface area contributed by atoms with E-state index in [-0.39, 0.29) is 23.1 Å². The van der Waals surface area contributed by atoms with Crippen LogP contribution < -0.4 is 5.56 Å². The first-order valence-electron chi connectivity index (χ1n) is 8.98. The van der Waals surface area contributed by atoms with Crippen molar-refractivity contribution in [3.05, 3.63) is 92.7 Å². The number of hydrogen-bond donors (Lipinski definition) is 1. The van der Waals surface area contributed by atoms with E-state index in [1.807, 2.05) is 59.5 Å². The molecular formula is C22H19BrN2O2. The maximum Gasteiger partial charge on any atom is 0.261 e. The molecule has 0 aliphatic carbocycles. The molecule has 3 aromatic rings. The van der Waals surface area contributed by atoms with Gasteiger partial charge in [-0.1, -0.05) is 58.4 Å². The number of hydrogen-bond acceptors (Lipinski definition) is 2. The van der Waals surface area contributed by atoms with Gasteiger partial charge >= 0.3 is 0 Å². The van der Waals surface area contributed by atoms with Gasteiger partial charge in [-0.2, -0.15) is 0 Å². The highest BCUT2D eigenvalue weighted by Gasteiger charge is 2.31. The number of likely N-dealkylation sites (tertiary alicyclic amines) is 1. The van der Waals surface area contributed by atoms with E-state index >= 15 is 0 Å². The highest BCUT2D eigenvalue weighted by molar-refractivity contribution is 9.10. The van der Waals surface area contributed by atoms with Crippen LogP contribution in [0.2, 0.25) is 0 Å². The fourth-order valence-corrected chi connectivity index (χ4v) is 3.89. The summed E-state index contributed by atoms with van der Waals surface area (Å²) in [6.07, 6.45) is 1.85. The summed E-state index contributed by atoms with van der Waals surface area (Å²) < 4.78 is 1.01. The van der Waals surface area contributed by atoms with Gasteiger partial charge in [-0.15, -0.1) is 0 Å². The summed E-state index contributed by atoms with van der Waals surface area (Å²) in [5.41, 5.74) is 2.58. The van der Waals surface area contributed by atoms with Crippen molar-refractivity contribution in [1.82, 2.24) is 9.88 Å². The number of H-pyrrole nitrogens is 1. The molecule has 0 saturated carbocycles. The quantitative estimate of drug-likeness (QED) is 0.659. The predicted molar refractivity (Wildman–Crippen MR) is 110 cm³/mol. The zero-order chi connectivity index (χ0) is 18.8. The lowest BCUT2D eigenvalue weighted by atomic mass is 10.0. The largest absolute Gasteiger partial charge is 0.331 e. The number of rotatable bonds is 3. The van der Waals surface area contributed by atoms with E-state index < -0.39 is 0 Å². The fourth-order valence-electron chi connectivity index (χ4n) is 3.62. The molecule has 1 aliphatic rings. The summed E-state index contributed by atoms with van der Waals surface area (Å²) in [4.78, 5) is 30.3. The van der Waals surface area contributed by atoms with Crippen molar-refractivity contribution in [3.63, 3.8) is 0 Å². The average Bonchev–Trinajstić information content (AvgIpc) is 3.18. The lowest BCUT2D eigenvalue weighted by molar-refractivity contribution is 0.0734. The molecule has 1 atom stereocenters. The molecule has 1 N–H and O–H groups in total. The lowest BCUT2D eigenvalue weighted by Crippen LogP contribution is -2.34. The molecule has 1 fully saturated rings. The van der Waals surface area contributed by atoms with Crippen LogP contribution in [-0.4, -0.2) is 22.3 Å². The second-order valence-electron chi connectivity index (χ2n) is 6.69. The van der Waals surface area contributed by atoms with E-state index in [9.17, 15) is 9.59 Å². The maximum atomic E-state index is 13.1. The first kappa shape index (κ1) is 17.7. The Balaban J connectivity index is 1.62. The number of pyridine rings is 1. The Kier molecular flexibility index (Phi) is 4.94. The maximum absolute atomic E-state index is 13.1. The molecule has 4 nitrogen and oxygen atoms in total. The van der Waals surface area contributed by atoms with Gasteiger partial charge in [0.05, 0.1) is 6.04 Å². The first-order chi connectivity index (χ1) is 13.1. The fraction of sp³-hybridized carbons (Fsp3) is 0.182. The predicted octanol–water partition coefficient (Wildman–Crippen LogP) is 4.78. The number of carbonyl (C=O) groups excluding carboxylic acids is 1. The standard InChI is InChI=1S/C22H19BrN2O2/c23-17-10-8-16(9-11-17)20-7-4-14-25(20)22(27)18-12-13-19(24-21(18)26)15-5-2-1-3-6-15/h1-3,5-6,8-13,20H,4,7,14H2,(H,24,26). The summed E-state index contributed by atoms with van der Waals surface area (Å²) in [6, 6.07) is 21.1. The van der Waals surface area contributed by atoms with Crippen molar-refractivity contribution < 1.29 is 4.79 Å². The van der Waals surface area contributed by atoms with Crippen LogP contribution in [0.15, 0.2) is 76.0 Å². The molecule has 27 heavy (non-hydrogen) atoms. The Morgan fingerprint density at radius 3 is 2.44 bits per heavy atom. The van der Waals surface area contributed by atoms with Gasteiger partial charge in [0.1, 0.15) is 5.56 Å². The van der Waals surface area contributed by atoms with Crippen LogP contribution in [0.4, 0.5) is 0 Å². The van der Waals surface area contributed by atoms with Crippen molar-refractivity contribution in [1.29, 1.82) is 0 Å². The van der Waals surface area contributed by atoms with E-state index in [4.69, 9.17) is 0 Å². The summed E-state index contributed by atoms with van der Waals surface area (Å²) in [6.45, 7) is 0.666. The third-order valence-electron chi connectivity index (χ3n) is 4.99. The molecule has 5 heteroatoms. The van der Waals surface area contributed by atoms with Crippen molar-refractivity contribution >= 4 is 21.8 Å². The van der Waals surface area contributed by atoms with Crippen molar-refractivity contribution in [2.75, 3.05) is 6.54 Å². The van der Waals surface area contributed by atoms with Crippen LogP contribution in [-0.2, 0) is 0 Å². The number of nitrogens with one attached hydrogen (secondary N) is 1. The van der Waals surface area contributed by atoms with Crippen LogP contribution in [0.1, 0.15) is 34.8 Å². The van der Waals surface area contributed by atoms with Gasteiger partial charge < -0.3 is 9.88 Å². The molecule has 0 bridgehead atoms. The van der Waals surface area contributed by atoms with Gasteiger partial charge in [0.15, 0.2) is 0 Å². The highest BCUT2D eigenvalue weighted by Crippen LogP contribution is 2.33. The van der Waals surface area contributed by atoms with Gasteiger partial charge in [0.25, 0.3) is 11.5 Å². The van der Waals surface area contributed by atoms with Crippen LogP contribution in [0.5, 0.6) is 0 Å². The molecule has 1 amide bonds. The first-order valence-corrected chi connectivity index (χ1v) is 9.78. The number of aromatic nitrogens is 1. The molecule has 1 saturated heterocycles. The molecule has 2 aromatic carbocycles. The number of halogens is 1. The molecule has 2 heterocycles. The normalized spacial score (nSPS) is 16.5. The van der Waals surface area contributed by atoms with E-state index in [0.717, 1.165) is 28.4 Å². The SMILES string of the molecule is O=C(c1ccc(-c2ccccc2)[nH]c1=O)N1CCCC1c1ccc(Br)cc1. The number of aromatic amines is 1. The van der Waals surface area contributed by atoms with Gasteiger partial charge in [-0.25, -0.2) is 0 Å². The van der Waals surface area contributed by atoms with Gasteiger partial charge in [-0.05, 0) is 48.2 Å². The minimum atomic E-state index is -0.345. The number of benzene rings is 2. The van der Waals surface area contributed by atoms with E-state index in [2.05, 4.69) is 20.9 Å². The molecule has 1 aromatic heterocycles. The Bertz CT molecular complexity index is 1010. The summed E-state index contributed by atoms with van der Waals surface area (Å²) in [5.74, 6) is -0.207. The van der Waals surface area contributed by atoms with Crippen LogP contribution in [0.3, 0.4) is 0 Å². The Morgan fingerprint density at radius 1 is 1.00 bits per heavy atom. The number of carbonyl (C=O) groups is 1.